The molecule has 25 heavy (non-hydrogen) atoms. The third kappa shape index (κ3) is 4.41. The normalized spacial score (nSPS) is 20.5. The average molecular weight is 344 g/mol. The molecule has 0 unspecified atom stereocenters. The van der Waals surface area contributed by atoms with Crippen molar-refractivity contribution in [3.63, 3.8) is 0 Å². The Morgan fingerprint density at radius 3 is 2.76 bits per heavy atom. The number of rotatable bonds is 5. The van der Waals surface area contributed by atoms with E-state index in [1.54, 1.807) is 35.5 Å². The molecular formula is C19H21FN2O3. The Bertz CT molecular complexity index is 708. The second-order valence-electron chi connectivity index (χ2n) is 6.35. The summed E-state index contributed by atoms with van der Waals surface area (Å²) in [4.78, 5) is 18.3. The van der Waals surface area contributed by atoms with E-state index < -0.39 is 5.60 Å². The summed E-state index contributed by atoms with van der Waals surface area (Å²) in [5, 5.41) is 9.90. The Hall–Kier alpha value is -2.31. The lowest BCUT2D eigenvalue weighted by molar-refractivity contribution is -0.157. The van der Waals surface area contributed by atoms with Crippen LogP contribution in [0.1, 0.15) is 11.1 Å². The van der Waals surface area contributed by atoms with Crippen molar-refractivity contribution in [2.75, 3.05) is 26.3 Å². The highest BCUT2D eigenvalue weighted by molar-refractivity contribution is 5.78. The lowest BCUT2D eigenvalue weighted by atomic mass is 9.93. The van der Waals surface area contributed by atoms with Gasteiger partial charge < -0.3 is 14.7 Å². The molecule has 0 bridgehead atoms. The van der Waals surface area contributed by atoms with E-state index in [2.05, 4.69) is 4.98 Å². The van der Waals surface area contributed by atoms with Crippen molar-refractivity contribution in [1.82, 2.24) is 9.88 Å². The Balaban J connectivity index is 1.69. The summed E-state index contributed by atoms with van der Waals surface area (Å²) in [7, 11) is 0. The van der Waals surface area contributed by atoms with E-state index in [1.807, 2.05) is 6.07 Å². The van der Waals surface area contributed by atoms with Crippen molar-refractivity contribution >= 4 is 5.91 Å². The first-order valence-corrected chi connectivity index (χ1v) is 8.26. The van der Waals surface area contributed by atoms with E-state index in [1.165, 1.54) is 12.1 Å². The van der Waals surface area contributed by atoms with Gasteiger partial charge in [-0.3, -0.25) is 9.78 Å². The van der Waals surface area contributed by atoms with E-state index in [9.17, 15) is 14.3 Å². The number of nitrogens with zero attached hydrogens (tertiary/aromatic N) is 2. The highest BCUT2D eigenvalue weighted by Crippen LogP contribution is 2.24. The van der Waals surface area contributed by atoms with Crippen LogP contribution in [-0.4, -0.2) is 52.8 Å². The number of hydrogen-bond acceptors (Lipinski definition) is 4. The summed E-state index contributed by atoms with van der Waals surface area (Å²) >= 11 is 0. The van der Waals surface area contributed by atoms with Crippen LogP contribution in [0.25, 0.3) is 0 Å². The zero-order valence-electron chi connectivity index (χ0n) is 13.9. The topological polar surface area (TPSA) is 62.7 Å². The molecule has 2 aromatic rings. The molecule has 132 valence electrons. The number of benzene rings is 1. The SMILES string of the molecule is O=C(Cc1cccnc1)N1CCO[C@@](CO)(Cc2ccc(F)cc2)C1. The van der Waals surface area contributed by atoms with Gasteiger partial charge in [0, 0.05) is 25.4 Å². The van der Waals surface area contributed by atoms with Crippen molar-refractivity contribution in [2.45, 2.75) is 18.4 Å². The average Bonchev–Trinajstić information content (AvgIpc) is 2.65. The Morgan fingerprint density at radius 1 is 1.28 bits per heavy atom. The van der Waals surface area contributed by atoms with Gasteiger partial charge in [0.05, 0.1) is 26.2 Å². The number of aliphatic hydroxyl groups excluding tert-OH is 1. The van der Waals surface area contributed by atoms with Gasteiger partial charge in [-0.25, -0.2) is 4.39 Å². The highest BCUT2D eigenvalue weighted by Gasteiger charge is 2.38. The summed E-state index contributed by atoms with van der Waals surface area (Å²) in [5.41, 5.74) is 0.852. The highest BCUT2D eigenvalue weighted by atomic mass is 19.1. The minimum Gasteiger partial charge on any atom is -0.393 e. The van der Waals surface area contributed by atoms with Crippen LogP contribution in [-0.2, 0) is 22.4 Å². The van der Waals surface area contributed by atoms with Crippen LogP contribution in [0.2, 0.25) is 0 Å². The van der Waals surface area contributed by atoms with Gasteiger partial charge in [0.25, 0.3) is 0 Å². The van der Waals surface area contributed by atoms with Gasteiger partial charge in [0.15, 0.2) is 0 Å². The molecule has 1 saturated heterocycles. The van der Waals surface area contributed by atoms with Crippen LogP contribution in [0.3, 0.4) is 0 Å². The van der Waals surface area contributed by atoms with Crippen LogP contribution in [0, 0.1) is 5.82 Å². The number of carbonyl (C=O) groups excluding carboxylic acids is 1. The molecular weight excluding hydrogens is 323 g/mol. The van der Waals surface area contributed by atoms with Crippen molar-refractivity contribution in [2.24, 2.45) is 0 Å². The first-order chi connectivity index (χ1) is 12.1. The van der Waals surface area contributed by atoms with Gasteiger partial charge in [-0.2, -0.15) is 0 Å². The van der Waals surface area contributed by atoms with Crippen LogP contribution in [0.15, 0.2) is 48.8 Å². The predicted octanol–water partition coefficient (Wildman–Crippen LogP) is 1.60. The van der Waals surface area contributed by atoms with Gasteiger partial charge in [-0.05, 0) is 29.3 Å². The zero-order valence-corrected chi connectivity index (χ0v) is 13.9. The molecule has 5 nitrogen and oxygen atoms in total. The molecule has 1 aromatic carbocycles. The number of carbonyl (C=O) groups is 1. The Morgan fingerprint density at radius 2 is 2.08 bits per heavy atom. The van der Waals surface area contributed by atoms with Crippen LogP contribution in [0.4, 0.5) is 4.39 Å². The molecule has 1 aliphatic rings. The van der Waals surface area contributed by atoms with E-state index in [4.69, 9.17) is 4.74 Å². The van der Waals surface area contributed by atoms with E-state index in [0.29, 0.717) is 26.1 Å². The van der Waals surface area contributed by atoms with E-state index in [-0.39, 0.29) is 24.8 Å². The quantitative estimate of drug-likeness (QED) is 0.895. The molecule has 1 N–H and O–H groups in total. The van der Waals surface area contributed by atoms with E-state index >= 15 is 0 Å². The molecule has 1 fully saturated rings. The summed E-state index contributed by atoms with van der Waals surface area (Å²) in [5.74, 6) is -0.326. The Labute approximate surface area is 146 Å². The summed E-state index contributed by atoms with van der Waals surface area (Å²) in [6.45, 7) is 0.950. The number of morpholine rings is 1. The van der Waals surface area contributed by atoms with Gasteiger partial charge in [0.2, 0.25) is 5.91 Å². The monoisotopic (exact) mass is 344 g/mol. The molecule has 6 heteroatoms. The lowest BCUT2D eigenvalue weighted by Crippen LogP contribution is -2.57. The lowest BCUT2D eigenvalue weighted by Gasteiger charge is -2.42. The molecule has 0 aliphatic carbocycles. The maximum absolute atomic E-state index is 13.1. The number of ether oxygens (including phenoxy) is 1. The fraction of sp³-hybridized carbons (Fsp3) is 0.368. The van der Waals surface area contributed by atoms with Gasteiger partial charge in [0.1, 0.15) is 11.4 Å². The standard InChI is InChI=1S/C19H21FN2O3/c20-17-5-3-15(4-6-17)11-19(14-23)13-22(8-9-25-19)18(24)10-16-2-1-7-21-12-16/h1-7,12,23H,8-11,13-14H2/t19-/m0/s1. The predicted molar refractivity (Wildman–Crippen MR) is 90.4 cm³/mol. The number of hydrogen-bond donors (Lipinski definition) is 1. The molecule has 0 saturated carbocycles. The maximum Gasteiger partial charge on any atom is 0.227 e. The molecule has 1 aliphatic heterocycles. The molecule has 1 amide bonds. The van der Waals surface area contributed by atoms with Crippen LogP contribution < -0.4 is 0 Å². The van der Waals surface area contributed by atoms with Crippen molar-refractivity contribution in [1.29, 1.82) is 0 Å². The van der Waals surface area contributed by atoms with Gasteiger partial charge >= 0.3 is 0 Å². The number of halogens is 1. The van der Waals surface area contributed by atoms with Gasteiger partial charge in [-0.15, -0.1) is 0 Å². The largest absolute Gasteiger partial charge is 0.393 e. The zero-order chi connectivity index (χ0) is 17.7. The van der Waals surface area contributed by atoms with E-state index in [0.717, 1.165) is 11.1 Å². The first-order valence-electron chi connectivity index (χ1n) is 8.26. The summed E-state index contributed by atoms with van der Waals surface area (Å²) in [6, 6.07) is 9.78. The minimum absolute atomic E-state index is 0.0202. The summed E-state index contributed by atoms with van der Waals surface area (Å²) < 4.78 is 18.9. The smallest absolute Gasteiger partial charge is 0.227 e. The number of aliphatic hydroxyl groups is 1. The number of pyridine rings is 1. The first kappa shape index (κ1) is 17.5. The van der Waals surface area contributed by atoms with Crippen LogP contribution >= 0.6 is 0 Å². The molecule has 1 atom stereocenters. The third-order valence-corrected chi connectivity index (χ3v) is 4.41. The molecule has 1 aromatic heterocycles. The fourth-order valence-corrected chi connectivity index (χ4v) is 3.08. The van der Waals surface area contributed by atoms with Crippen molar-refractivity contribution < 1.29 is 19.0 Å². The van der Waals surface area contributed by atoms with Gasteiger partial charge in [-0.1, -0.05) is 18.2 Å². The Kier molecular flexibility index (Phi) is 5.40. The number of amides is 1. The second kappa shape index (κ2) is 7.72. The molecule has 2 heterocycles. The molecule has 0 radical (unpaired) electrons. The maximum atomic E-state index is 13.1. The third-order valence-electron chi connectivity index (χ3n) is 4.41. The summed E-state index contributed by atoms with van der Waals surface area (Å²) in [6.07, 6.45) is 4.03. The second-order valence-corrected chi connectivity index (χ2v) is 6.35. The minimum atomic E-state index is -0.860. The van der Waals surface area contributed by atoms with Crippen LogP contribution in [0.5, 0.6) is 0 Å². The number of aromatic nitrogens is 1. The molecule has 0 spiro atoms. The fourth-order valence-electron chi connectivity index (χ4n) is 3.08. The van der Waals surface area contributed by atoms with Crippen molar-refractivity contribution in [3.8, 4) is 0 Å². The molecule has 3 rings (SSSR count). The van der Waals surface area contributed by atoms with Crippen molar-refractivity contribution in [3.05, 3.63) is 65.7 Å².